The molecule has 0 saturated carbocycles. The van der Waals surface area contributed by atoms with Gasteiger partial charge in [0.25, 0.3) is 0 Å². The summed E-state index contributed by atoms with van der Waals surface area (Å²) < 4.78 is 8.15. The van der Waals surface area contributed by atoms with Gasteiger partial charge in [-0.3, -0.25) is 0 Å². The Morgan fingerprint density at radius 3 is 2.68 bits per heavy atom. The molecule has 4 heteroatoms. The van der Waals surface area contributed by atoms with E-state index in [1.54, 1.807) is 12.7 Å². The molecule has 0 spiro atoms. The van der Waals surface area contributed by atoms with Gasteiger partial charge in [0, 0.05) is 6.61 Å². The lowest BCUT2D eigenvalue weighted by molar-refractivity contribution is -0.155. The fraction of sp³-hybridized carbons (Fsp3) is 0.467. The minimum Gasteiger partial charge on any atom is -0.368 e. The first-order valence-corrected chi connectivity index (χ1v) is 6.71. The summed E-state index contributed by atoms with van der Waals surface area (Å²) in [5.41, 5.74) is 0.580. The molecule has 1 saturated heterocycles. The van der Waals surface area contributed by atoms with Gasteiger partial charge in [0.1, 0.15) is 18.3 Å². The molecular formula is C15H19N3O. The number of nitrogens with zero attached hydrogens (tertiary/aromatic N) is 3. The minimum atomic E-state index is -0.389. The van der Waals surface area contributed by atoms with Crippen molar-refractivity contribution in [1.29, 1.82) is 0 Å². The van der Waals surface area contributed by atoms with Crippen LogP contribution in [-0.4, -0.2) is 21.4 Å². The van der Waals surface area contributed by atoms with Gasteiger partial charge >= 0.3 is 0 Å². The van der Waals surface area contributed by atoms with E-state index in [0.717, 1.165) is 19.4 Å². The molecule has 0 radical (unpaired) electrons. The molecule has 0 N–H and O–H groups in total. The second-order valence-electron chi connectivity index (χ2n) is 5.47. The molecule has 2 unspecified atom stereocenters. The van der Waals surface area contributed by atoms with Gasteiger partial charge in [0.2, 0.25) is 0 Å². The molecule has 1 aliphatic heterocycles. The van der Waals surface area contributed by atoms with Crippen LogP contribution in [0.4, 0.5) is 0 Å². The maximum Gasteiger partial charge on any atom is 0.137 e. The van der Waals surface area contributed by atoms with E-state index < -0.39 is 0 Å². The summed E-state index contributed by atoms with van der Waals surface area (Å²) >= 11 is 0. The second-order valence-corrected chi connectivity index (χ2v) is 5.47. The smallest absolute Gasteiger partial charge is 0.137 e. The Balaban J connectivity index is 2.11. The number of ether oxygens (including phenoxy) is 1. The molecule has 0 bridgehead atoms. The molecule has 19 heavy (non-hydrogen) atoms. The van der Waals surface area contributed by atoms with E-state index in [-0.39, 0.29) is 11.1 Å². The monoisotopic (exact) mass is 257 g/mol. The van der Waals surface area contributed by atoms with Crippen molar-refractivity contribution in [3.8, 4) is 0 Å². The maximum absolute atomic E-state index is 6.20. The van der Waals surface area contributed by atoms with E-state index in [2.05, 4.69) is 48.2 Å². The van der Waals surface area contributed by atoms with Crippen molar-refractivity contribution in [3.63, 3.8) is 0 Å². The Labute approximate surface area is 113 Å². The third-order valence-electron chi connectivity index (χ3n) is 4.48. The molecule has 0 amide bonds. The van der Waals surface area contributed by atoms with Gasteiger partial charge in [-0.15, -0.1) is 0 Å². The van der Waals surface area contributed by atoms with E-state index in [9.17, 15) is 0 Å². The van der Waals surface area contributed by atoms with Crippen LogP contribution in [-0.2, 0) is 15.9 Å². The van der Waals surface area contributed by atoms with Crippen molar-refractivity contribution in [1.82, 2.24) is 14.8 Å². The highest BCUT2D eigenvalue weighted by Crippen LogP contribution is 2.46. The molecule has 2 aromatic rings. The molecule has 100 valence electrons. The predicted octanol–water partition coefficient (Wildman–Crippen LogP) is 2.72. The SMILES string of the molecule is CC1(c2ccccc2)OCCCC1(C)n1cncn1. The summed E-state index contributed by atoms with van der Waals surface area (Å²) in [4.78, 5) is 4.10. The first-order chi connectivity index (χ1) is 9.17. The molecule has 3 rings (SSSR count). The topological polar surface area (TPSA) is 39.9 Å². The van der Waals surface area contributed by atoms with Crippen LogP contribution in [0, 0.1) is 0 Å². The first kappa shape index (κ1) is 12.4. The van der Waals surface area contributed by atoms with Crippen LogP contribution < -0.4 is 0 Å². The molecule has 1 aliphatic rings. The quantitative estimate of drug-likeness (QED) is 0.830. The standard InChI is InChI=1S/C15H19N3O/c1-14(18-12-16-11-17-18)9-6-10-19-15(14,2)13-7-4-3-5-8-13/h3-5,7-8,11-12H,6,9-10H2,1-2H3. The average Bonchev–Trinajstić information content (AvgIpc) is 2.98. The lowest BCUT2D eigenvalue weighted by Gasteiger charge is -2.49. The normalized spacial score (nSPS) is 31.3. The number of hydrogen-bond acceptors (Lipinski definition) is 3. The van der Waals surface area contributed by atoms with E-state index in [4.69, 9.17) is 4.74 Å². The minimum absolute atomic E-state index is 0.219. The van der Waals surface area contributed by atoms with Gasteiger partial charge in [-0.2, -0.15) is 5.10 Å². The Bertz CT molecular complexity index is 540. The van der Waals surface area contributed by atoms with Gasteiger partial charge in [0.15, 0.2) is 0 Å². The number of aromatic nitrogens is 3. The Kier molecular flexibility index (Phi) is 2.90. The summed E-state index contributed by atoms with van der Waals surface area (Å²) in [7, 11) is 0. The summed E-state index contributed by atoms with van der Waals surface area (Å²) in [6, 6.07) is 10.4. The number of rotatable bonds is 2. The van der Waals surface area contributed by atoms with Gasteiger partial charge in [-0.25, -0.2) is 9.67 Å². The second kappa shape index (κ2) is 4.46. The highest BCUT2D eigenvalue weighted by molar-refractivity contribution is 5.26. The third-order valence-corrected chi connectivity index (χ3v) is 4.48. The van der Waals surface area contributed by atoms with Gasteiger partial charge < -0.3 is 4.74 Å². The first-order valence-electron chi connectivity index (χ1n) is 6.71. The van der Waals surface area contributed by atoms with E-state index in [1.807, 2.05) is 10.7 Å². The van der Waals surface area contributed by atoms with Crippen LogP contribution in [0.25, 0.3) is 0 Å². The van der Waals surface area contributed by atoms with Gasteiger partial charge in [-0.05, 0) is 32.3 Å². The van der Waals surface area contributed by atoms with Crippen LogP contribution in [0.3, 0.4) is 0 Å². The summed E-state index contributed by atoms with van der Waals surface area (Å²) in [6.45, 7) is 5.15. The predicted molar refractivity (Wildman–Crippen MR) is 72.7 cm³/mol. The highest BCUT2D eigenvalue weighted by atomic mass is 16.5. The van der Waals surface area contributed by atoms with Crippen molar-refractivity contribution in [2.24, 2.45) is 0 Å². The fourth-order valence-electron chi connectivity index (χ4n) is 3.03. The molecule has 1 aromatic heterocycles. The van der Waals surface area contributed by atoms with Crippen LogP contribution >= 0.6 is 0 Å². The largest absolute Gasteiger partial charge is 0.368 e. The molecule has 2 atom stereocenters. The molecular weight excluding hydrogens is 238 g/mol. The number of benzene rings is 1. The lowest BCUT2D eigenvalue weighted by atomic mass is 9.73. The summed E-state index contributed by atoms with van der Waals surface area (Å²) in [5.74, 6) is 0. The molecule has 4 nitrogen and oxygen atoms in total. The van der Waals surface area contributed by atoms with E-state index in [0.29, 0.717) is 0 Å². The van der Waals surface area contributed by atoms with Crippen molar-refractivity contribution in [3.05, 3.63) is 48.5 Å². The van der Waals surface area contributed by atoms with Crippen molar-refractivity contribution >= 4 is 0 Å². The van der Waals surface area contributed by atoms with Crippen molar-refractivity contribution in [2.45, 2.75) is 37.8 Å². The maximum atomic E-state index is 6.20. The molecule has 1 fully saturated rings. The summed E-state index contributed by atoms with van der Waals surface area (Å²) in [6.07, 6.45) is 5.45. The zero-order chi connectivity index (χ0) is 13.3. The van der Waals surface area contributed by atoms with Crippen LogP contribution in [0.15, 0.2) is 43.0 Å². The van der Waals surface area contributed by atoms with Crippen LogP contribution in [0.5, 0.6) is 0 Å². The number of hydrogen-bond donors (Lipinski definition) is 0. The zero-order valence-electron chi connectivity index (χ0n) is 11.4. The fourth-order valence-corrected chi connectivity index (χ4v) is 3.03. The van der Waals surface area contributed by atoms with Gasteiger partial charge in [0.05, 0.1) is 5.54 Å². The zero-order valence-corrected chi connectivity index (χ0v) is 11.4. The average molecular weight is 257 g/mol. The van der Waals surface area contributed by atoms with E-state index in [1.165, 1.54) is 5.56 Å². The van der Waals surface area contributed by atoms with E-state index >= 15 is 0 Å². The Hall–Kier alpha value is -1.68. The highest BCUT2D eigenvalue weighted by Gasteiger charge is 2.50. The lowest BCUT2D eigenvalue weighted by Crippen LogP contribution is -2.54. The van der Waals surface area contributed by atoms with Crippen molar-refractivity contribution in [2.75, 3.05) is 6.61 Å². The molecule has 1 aromatic carbocycles. The van der Waals surface area contributed by atoms with Crippen LogP contribution in [0.2, 0.25) is 0 Å². The van der Waals surface area contributed by atoms with Gasteiger partial charge in [-0.1, -0.05) is 30.3 Å². The third kappa shape index (κ3) is 1.78. The molecule has 2 heterocycles. The Morgan fingerprint density at radius 2 is 2.00 bits per heavy atom. The molecule has 0 aliphatic carbocycles. The van der Waals surface area contributed by atoms with Crippen molar-refractivity contribution < 1.29 is 4.74 Å². The summed E-state index contributed by atoms with van der Waals surface area (Å²) in [5, 5.41) is 4.36. The Morgan fingerprint density at radius 1 is 1.21 bits per heavy atom. The van der Waals surface area contributed by atoms with Crippen LogP contribution in [0.1, 0.15) is 32.3 Å².